The lowest BCUT2D eigenvalue weighted by Gasteiger charge is -1.86. The van der Waals surface area contributed by atoms with Gasteiger partial charge in [0.1, 0.15) is 0 Å². The van der Waals surface area contributed by atoms with Gasteiger partial charge in [0.25, 0.3) is 0 Å². The minimum atomic E-state index is 0. The Bertz CT molecular complexity index is 24.9. The fraction of sp³-hybridized carbons (Fsp3) is 1.00. The number of rotatable bonds is 3. The van der Waals surface area contributed by atoms with Crippen LogP contribution in [0.15, 0.2) is 0 Å². The van der Waals surface area contributed by atoms with E-state index < -0.39 is 0 Å². The van der Waals surface area contributed by atoms with E-state index in [0.717, 1.165) is 0 Å². The molecule has 13 heavy (non-hydrogen) atoms. The summed E-state index contributed by atoms with van der Waals surface area (Å²) in [6.45, 7) is 4.46. The largest absolute Gasteiger partial charge is 0.412 e. The van der Waals surface area contributed by atoms with E-state index in [9.17, 15) is 0 Å². The highest BCUT2D eigenvalue weighted by Gasteiger charge is 1.75. The van der Waals surface area contributed by atoms with Crippen LogP contribution in [-0.4, -0.2) is 38.3 Å². The van der Waals surface area contributed by atoms with Gasteiger partial charge in [0.2, 0.25) is 0 Å². The van der Waals surface area contributed by atoms with Crippen LogP contribution in [-0.2, 0) is 0 Å². The van der Waals surface area contributed by atoms with Gasteiger partial charge in [0.15, 0.2) is 0 Å². The molecule has 7 heteroatoms. The van der Waals surface area contributed by atoms with Crippen LogP contribution in [0.3, 0.4) is 0 Å². The predicted molar refractivity (Wildman–Crippen MR) is 55.1 cm³/mol. The molecule has 0 fully saturated rings. The number of unbranched alkanes of at least 4 members (excludes halogenated alkanes) is 3. The molecule has 0 atom stereocenters. The molecule has 94 valence electrons. The summed E-state index contributed by atoms with van der Waals surface area (Å²) in [5.74, 6) is 0. The van der Waals surface area contributed by atoms with Crippen LogP contribution in [0.25, 0.3) is 0 Å². The molecule has 0 heterocycles. The van der Waals surface area contributed by atoms with Crippen LogP contribution in [0.4, 0.5) is 0 Å². The van der Waals surface area contributed by atoms with Crippen molar-refractivity contribution in [3.63, 3.8) is 0 Å². The van der Waals surface area contributed by atoms with Gasteiger partial charge >= 0.3 is 0 Å². The molecule has 14 N–H and O–H groups in total. The summed E-state index contributed by atoms with van der Waals surface area (Å²) in [7, 11) is 0. The molecule has 0 aliphatic rings. The fourth-order valence-electron chi connectivity index (χ4n) is 0.500. The van der Waals surface area contributed by atoms with Crippen LogP contribution in [0.2, 0.25) is 0 Å². The molecule has 7 nitrogen and oxygen atoms in total. The van der Waals surface area contributed by atoms with Crippen LogP contribution in [0, 0.1) is 0 Å². The third-order valence-electron chi connectivity index (χ3n) is 0.957. The summed E-state index contributed by atoms with van der Waals surface area (Å²) in [6, 6.07) is 0. The monoisotopic (exact) mass is 212 g/mol. The zero-order chi connectivity index (χ0) is 4.83. The van der Waals surface area contributed by atoms with E-state index in [2.05, 4.69) is 13.8 Å². The van der Waals surface area contributed by atoms with E-state index in [-0.39, 0.29) is 38.3 Å². The van der Waals surface area contributed by atoms with Crippen molar-refractivity contribution in [1.29, 1.82) is 0 Å². The molecule has 0 aromatic rings. The van der Waals surface area contributed by atoms with Crippen molar-refractivity contribution >= 4 is 0 Å². The number of hydrogen-bond acceptors (Lipinski definition) is 0. The van der Waals surface area contributed by atoms with Crippen LogP contribution in [0.1, 0.15) is 39.5 Å². The van der Waals surface area contributed by atoms with Crippen molar-refractivity contribution in [2.45, 2.75) is 39.5 Å². The van der Waals surface area contributed by atoms with Gasteiger partial charge in [-0.3, -0.25) is 0 Å². The second-order valence-electron chi connectivity index (χ2n) is 1.71. The minimum absolute atomic E-state index is 0. The van der Waals surface area contributed by atoms with Crippen molar-refractivity contribution in [2.75, 3.05) is 0 Å². The summed E-state index contributed by atoms with van der Waals surface area (Å²) in [5, 5.41) is 0. The quantitative estimate of drug-likeness (QED) is 0.422. The molecule has 0 aromatic carbocycles. The Labute approximate surface area is 78.9 Å². The van der Waals surface area contributed by atoms with Gasteiger partial charge in [-0.2, -0.15) is 0 Å². The lowest BCUT2D eigenvalue weighted by atomic mass is 10.2. The normalized spacial score (nSPS) is 4.15. The van der Waals surface area contributed by atoms with E-state index in [0.29, 0.717) is 0 Å². The first-order valence-corrected chi connectivity index (χ1v) is 2.91. The summed E-state index contributed by atoms with van der Waals surface area (Å²) in [5.41, 5.74) is 0. The van der Waals surface area contributed by atoms with Gasteiger partial charge in [-0.05, 0) is 0 Å². The van der Waals surface area contributed by atoms with Crippen LogP contribution < -0.4 is 0 Å². The van der Waals surface area contributed by atoms with Crippen LogP contribution in [0.5, 0.6) is 0 Å². The first-order valence-electron chi connectivity index (χ1n) is 2.91. The molecule has 0 spiro atoms. The standard InChI is InChI=1S/C6H14.7H2O/c1-3-5-6-4-2;;;;;;;/h3-6H2,1-2H3;7*1H2. The molecular weight excluding hydrogens is 184 g/mol. The summed E-state index contributed by atoms with van der Waals surface area (Å²) in [4.78, 5) is 0. The van der Waals surface area contributed by atoms with Crippen molar-refractivity contribution < 1.29 is 38.3 Å². The summed E-state index contributed by atoms with van der Waals surface area (Å²) >= 11 is 0. The minimum Gasteiger partial charge on any atom is -0.412 e. The van der Waals surface area contributed by atoms with Gasteiger partial charge < -0.3 is 38.3 Å². The Balaban J connectivity index is -0.00000000595. The third kappa shape index (κ3) is 150. The van der Waals surface area contributed by atoms with E-state index in [4.69, 9.17) is 0 Å². The van der Waals surface area contributed by atoms with Crippen molar-refractivity contribution in [3.8, 4) is 0 Å². The fourth-order valence-corrected chi connectivity index (χ4v) is 0.500. The molecular formula is C6H28O7. The summed E-state index contributed by atoms with van der Waals surface area (Å²) < 4.78 is 0. The van der Waals surface area contributed by atoms with Crippen molar-refractivity contribution in [3.05, 3.63) is 0 Å². The topological polar surface area (TPSA) is 220 Å². The first-order chi connectivity index (χ1) is 2.91. The Morgan fingerprint density at radius 1 is 0.462 bits per heavy atom. The second kappa shape index (κ2) is 97.3. The van der Waals surface area contributed by atoms with Crippen molar-refractivity contribution in [1.82, 2.24) is 0 Å². The maximum absolute atomic E-state index is 2.23. The zero-order valence-corrected chi connectivity index (χ0v) is 8.33. The SMILES string of the molecule is CCCCCC.O.O.O.O.O.O.O. The van der Waals surface area contributed by atoms with Gasteiger partial charge in [0, 0.05) is 0 Å². The molecule has 0 bridgehead atoms. The molecule has 0 radical (unpaired) electrons. The van der Waals surface area contributed by atoms with Gasteiger partial charge in [-0.1, -0.05) is 39.5 Å². The predicted octanol–water partition coefficient (Wildman–Crippen LogP) is -3.19. The lowest BCUT2D eigenvalue weighted by Crippen LogP contribution is -1.66. The maximum atomic E-state index is 2.23. The highest BCUT2D eigenvalue weighted by atomic mass is 16.0. The average Bonchev–Trinajstić information content (AvgIpc) is 1.61. The van der Waals surface area contributed by atoms with Gasteiger partial charge in [-0.15, -0.1) is 0 Å². The van der Waals surface area contributed by atoms with E-state index in [1.165, 1.54) is 25.7 Å². The first kappa shape index (κ1) is 78.4. The van der Waals surface area contributed by atoms with E-state index >= 15 is 0 Å². The van der Waals surface area contributed by atoms with Crippen molar-refractivity contribution in [2.24, 2.45) is 0 Å². The maximum Gasteiger partial charge on any atom is -0.0536 e. The number of hydrogen-bond donors (Lipinski definition) is 0. The molecule has 0 aliphatic carbocycles. The Morgan fingerprint density at radius 3 is 0.692 bits per heavy atom. The molecule has 0 unspecified atom stereocenters. The van der Waals surface area contributed by atoms with E-state index in [1.807, 2.05) is 0 Å². The highest BCUT2D eigenvalue weighted by molar-refractivity contribution is 4.31. The average molecular weight is 212 g/mol. The van der Waals surface area contributed by atoms with Gasteiger partial charge in [0.05, 0.1) is 0 Å². The van der Waals surface area contributed by atoms with E-state index in [1.54, 1.807) is 0 Å². The lowest BCUT2D eigenvalue weighted by molar-refractivity contribution is 0.702. The van der Waals surface area contributed by atoms with Crippen LogP contribution >= 0.6 is 0 Å². The Hall–Kier alpha value is -0.280. The Kier molecular flexibility index (Phi) is 587. The smallest absolute Gasteiger partial charge is 0.0536 e. The second-order valence-corrected chi connectivity index (χ2v) is 1.71. The van der Waals surface area contributed by atoms with Gasteiger partial charge in [-0.25, -0.2) is 0 Å². The molecule has 0 saturated carbocycles. The highest BCUT2D eigenvalue weighted by Crippen LogP contribution is 1.95. The molecule has 0 amide bonds. The molecule has 0 saturated heterocycles. The third-order valence-corrected chi connectivity index (χ3v) is 0.957. The molecule has 0 rings (SSSR count). The zero-order valence-electron chi connectivity index (χ0n) is 8.33. The molecule has 0 aliphatic heterocycles. The molecule has 0 aromatic heterocycles. The summed E-state index contributed by atoms with van der Waals surface area (Å²) in [6.07, 6.45) is 5.54. The Morgan fingerprint density at radius 2 is 0.615 bits per heavy atom.